The first-order valence-corrected chi connectivity index (χ1v) is 17.4. The number of rotatable bonds is 5. The quantitative estimate of drug-likeness (QED) is 0.186. The lowest BCUT2D eigenvalue weighted by Gasteiger charge is -2.29. The van der Waals surface area contributed by atoms with Gasteiger partial charge in [-0.1, -0.05) is 133 Å². The zero-order valence-electron chi connectivity index (χ0n) is 26.5. The van der Waals surface area contributed by atoms with Crippen LogP contribution in [0.25, 0.3) is 75.1 Å². The Balaban J connectivity index is 1.19. The van der Waals surface area contributed by atoms with Gasteiger partial charge in [0.2, 0.25) is 0 Å². The Kier molecular flexibility index (Phi) is 6.39. The van der Waals surface area contributed by atoms with E-state index < -0.39 is 0 Å². The van der Waals surface area contributed by atoms with Gasteiger partial charge in [-0.2, -0.15) is 0 Å². The molecule has 0 aliphatic heterocycles. The van der Waals surface area contributed by atoms with Gasteiger partial charge < -0.3 is 9.32 Å². The molecule has 3 heteroatoms. The first-order chi connectivity index (χ1) is 24.3. The molecular formula is C46H29NOS. The molecule has 10 aromatic rings. The molecule has 0 saturated carbocycles. The van der Waals surface area contributed by atoms with Crippen LogP contribution in [0, 0.1) is 0 Å². The largest absolute Gasteiger partial charge is 0.456 e. The molecule has 0 aliphatic carbocycles. The Morgan fingerprint density at radius 1 is 0.408 bits per heavy atom. The van der Waals surface area contributed by atoms with Crippen molar-refractivity contribution in [2.75, 3.05) is 4.90 Å². The molecule has 0 aliphatic rings. The van der Waals surface area contributed by atoms with Gasteiger partial charge in [0.1, 0.15) is 11.2 Å². The molecule has 0 saturated heterocycles. The number of furan rings is 1. The Hall–Kier alpha value is -6.16. The molecule has 2 nitrogen and oxygen atoms in total. The Bertz CT molecular complexity index is 2840. The highest BCUT2D eigenvalue weighted by atomic mass is 32.1. The van der Waals surface area contributed by atoms with Crippen LogP contribution >= 0.6 is 11.3 Å². The van der Waals surface area contributed by atoms with Crippen molar-refractivity contribution in [1.82, 2.24) is 0 Å². The SMILES string of the molecule is c1ccc(N(c2ccc(-c3cccc4oc5ccccc5c34)cc2)c2cccc3ccccc23)c(-c2cccc3c2sc2ccccc23)c1. The predicted octanol–water partition coefficient (Wildman–Crippen LogP) is 13.9. The van der Waals surface area contributed by atoms with Crippen LogP contribution in [0.3, 0.4) is 0 Å². The Labute approximate surface area is 287 Å². The van der Waals surface area contributed by atoms with E-state index in [9.17, 15) is 0 Å². The van der Waals surface area contributed by atoms with Crippen LogP contribution < -0.4 is 4.90 Å². The minimum atomic E-state index is 0.907. The van der Waals surface area contributed by atoms with Crippen molar-refractivity contribution < 1.29 is 4.42 Å². The van der Waals surface area contributed by atoms with Crippen LogP contribution in [-0.2, 0) is 0 Å². The lowest BCUT2D eigenvalue weighted by Crippen LogP contribution is -2.11. The maximum atomic E-state index is 6.23. The molecule has 0 amide bonds. The normalized spacial score (nSPS) is 11.7. The van der Waals surface area contributed by atoms with E-state index in [0.29, 0.717) is 0 Å². The minimum Gasteiger partial charge on any atom is -0.456 e. The number of thiophene rings is 1. The molecule has 10 rings (SSSR count). The van der Waals surface area contributed by atoms with E-state index in [1.807, 2.05) is 23.5 Å². The topological polar surface area (TPSA) is 16.4 Å². The number of hydrogen-bond donors (Lipinski definition) is 0. The fourth-order valence-corrected chi connectivity index (χ4v) is 8.70. The number of fused-ring (bicyclic) bond motifs is 7. The lowest BCUT2D eigenvalue weighted by atomic mass is 9.97. The average Bonchev–Trinajstić information content (AvgIpc) is 3.74. The Morgan fingerprint density at radius 3 is 1.94 bits per heavy atom. The summed E-state index contributed by atoms with van der Waals surface area (Å²) in [5, 5.41) is 7.32. The van der Waals surface area contributed by atoms with Gasteiger partial charge in [0.15, 0.2) is 0 Å². The molecule has 0 radical (unpaired) electrons. The lowest BCUT2D eigenvalue weighted by molar-refractivity contribution is 0.669. The van der Waals surface area contributed by atoms with Gasteiger partial charge in [-0.15, -0.1) is 11.3 Å². The van der Waals surface area contributed by atoms with Crippen molar-refractivity contribution in [3.05, 3.63) is 176 Å². The smallest absolute Gasteiger partial charge is 0.136 e. The third-order valence-electron chi connectivity index (χ3n) is 9.69. The van der Waals surface area contributed by atoms with Gasteiger partial charge in [-0.25, -0.2) is 0 Å². The maximum absolute atomic E-state index is 6.23. The minimum absolute atomic E-state index is 0.907. The molecule has 2 aromatic heterocycles. The van der Waals surface area contributed by atoms with E-state index in [0.717, 1.165) is 44.6 Å². The Morgan fingerprint density at radius 2 is 1.02 bits per heavy atom. The molecular weight excluding hydrogens is 615 g/mol. The number of para-hydroxylation sites is 2. The summed E-state index contributed by atoms with van der Waals surface area (Å²) >= 11 is 1.87. The fraction of sp³-hybridized carbons (Fsp3) is 0. The molecule has 230 valence electrons. The third-order valence-corrected chi connectivity index (χ3v) is 10.9. The third kappa shape index (κ3) is 4.47. The fourth-order valence-electron chi connectivity index (χ4n) is 7.47. The standard InChI is InChI=1S/C46H29NOS/c1-2-14-33-30(12-1)13-9-22-40(33)47(32-28-26-31(27-29-32)34-18-11-24-43-45(34)39-17-4-7-23-42(39)48-43)41-21-6-3-15-35(41)37-19-10-20-38-36-16-5-8-25-44(36)49-46(37)38/h1-29H. The number of nitrogens with zero attached hydrogens (tertiary/aromatic N) is 1. The molecule has 0 unspecified atom stereocenters. The van der Waals surface area contributed by atoms with Crippen LogP contribution in [0.15, 0.2) is 180 Å². The molecule has 0 atom stereocenters. The number of benzene rings is 8. The summed E-state index contributed by atoms with van der Waals surface area (Å²) in [6.07, 6.45) is 0. The average molecular weight is 644 g/mol. The van der Waals surface area contributed by atoms with Crippen LogP contribution in [0.5, 0.6) is 0 Å². The summed E-state index contributed by atoms with van der Waals surface area (Å²) < 4.78 is 8.85. The summed E-state index contributed by atoms with van der Waals surface area (Å²) in [5.41, 5.74) is 9.97. The maximum Gasteiger partial charge on any atom is 0.136 e. The van der Waals surface area contributed by atoms with Crippen molar-refractivity contribution in [2.45, 2.75) is 0 Å². The summed E-state index contributed by atoms with van der Waals surface area (Å²) in [4.78, 5) is 2.43. The second-order valence-electron chi connectivity index (χ2n) is 12.5. The first-order valence-electron chi connectivity index (χ1n) is 16.6. The predicted molar refractivity (Wildman–Crippen MR) is 210 cm³/mol. The van der Waals surface area contributed by atoms with Crippen LogP contribution in [-0.4, -0.2) is 0 Å². The zero-order valence-corrected chi connectivity index (χ0v) is 27.3. The van der Waals surface area contributed by atoms with Crippen LogP contribution in [0.4, 0.5) is 17.1 Å². The molecule has 49 heavy (non-hydrogen) atoms. The second kappa shape index (κ2) is 11.2. The van der Waals surface area contributed by atoms with Gasteiger partial charge in [0.25, 0.3) is 0 Å². The highest BCUT2D eigenvalue weighted by molar-refractivity contribution is 7.26. The van der Waals surface area contributed by atoms with Crippen LogP contribution in [0.2, 0.25) is 0 Å². The van der Waals surface area contributed by atoms with Crippen molar-refractivity contribution >= 4 is 81.3 Å². The highest BCUT2D eigenvalue weighted by Gasteiger charge is 2.21. The summed E-state index contributed by atoms with van der Waals surface area (Å²) in [6.45, 7) is 0. The van der Waals surface area contributed by atoms with Gasteiger partial charge in [0, 0.05) is 53.1 Å². The van der Waals surface area contributed by atoms with Crippen molar-refractivity contribution in [3.63, 3.8) is 0 Å². The van der Waals surface area contributed by atoms with E-state index in [1.165, 1.54) is 47.6 Å². The molecule has 0 fully saturated rings. The van der Waals surface area contributed by atoms with Gasteiger partial charge in [-0.05, 0) is 59.0 Å². The van der Waals surface area contributed by atoms with E-state index in [-0.39, 0.29) is 0 Å². The number of anilines is 3. The van der Waals surface area contributed by atoms with Crippen molar-refractivity contribution in [1.29, 1.82) is 0 Å². The van der Waals surface area contributed by atoms with Crippen LogP contribution in [0.1, 0.15) is 0 Å². The van der Waals surface area contributed by atoms with Crippen molar-refractivity contribution in [3.8, 4) is 22.3 Å². The number of hydrogen-bond acceptors (Lipinski definition) is 3. The van der Waals surface area contributed by atoms with E-state index in [1.54, 1.807) is 0 Å². The van der Waals surface area contributed by atoms with E-state index >= 15 is 0 Å². The monoisotopic (exact) mass is 643 g/mol. The van der Waals surface area contributed by atoms with Crippen molar-refractivity contribution in [2.24, 2.45) is 0 Å². The molecule has 0 bridgehead atoms. The summed E-state index contributed by atoms with van der Waals surface area (Å²) in [5.74, 6) is 0. The van der Waals surface area contributed by atoms with E-state index in [4.69, 9.17) is 4.42 Å². The second-order valence-corrected chi connectivity index (χ2v) is 13.5. The van der Waals surface area contributed by atoms with Gasteiger partial charge in [-0.3, -0.25) is 0 Å². The highest BCUT2D eigenvalue weighted by Crippen LogP contribution is 2.47. The molecule has 0 spiro atoms. The zero-order chi connectivity index (χ0) is 32.3. The van der Waals surface area contributed by atoms with Gasteiger partial charge in [0.05, 0.1) is 11.4 Å². The molecule has 2 heterocycles. The van der Waals surface area contributed by atoms with Gasteiger partial charge >= 0.3 is 0 Å². The summed E-state index contributed by atoms with van der Waals surface area (Å²) in [6, 6.07) is 63.2. The van der Waals surface area contributed by atoms with E-state index in [2.05, 4.69) is 169 Å². The first kappa shape index (κ1) is 27.9. The summed E-state index contributed by atoms with van der Waals surface area (Å²) in [7, 11) is 0. The molecule has 8 aromatic carbocycles. The molecule has 0 N–H and O–H groups in total.